The normalized spacial score (nSPS) is 10.8. The van der Waals surface area contributed by atoms with Gasteiger partial charge < -0.3 is 14.6 Å². The first kappa shape index (κ1) is 21.8. The SMILES string of the molecule is CC(=O)N(C)Cc1ccccc1NC(=O)CCCn1c(=O)oc2cc([N+](=O)[O-])ccc21. The van der Waals surface area contributed by atoms with Gasteiger partial charge in [-0.2, -0.15) is 0 Å². The van der Waals surface area contributed by atoms with Crippen LogP contribution in [0.4, 0.5) is 11.4 Å². The molecule has 3 rings (SSSR count). The van der Waals surface area contributed by atoms with Gasteiger partial charge in [-0.25, -0.2) is 4.79 Å². The number of amides is 2. The summed E-state index contributed by atoms with van der Waals surface area (Å²) >= 11 is 0. The van der Waals surface area contributed by atoms with Gasteiger partial charge in [0.15, 0.2) is 5.58 Å². The second kappa shape index (κ2) is 9.24. The average molecular weight is 426 g/mol. The van der Waals surface area contributed by atoms with E-state index >= 15 is 0 Å². The first-order valence-electron chi connectivity index (χ1n) is 9.63. The number of hydrogen-bond acceptors (Lipinski definition) is 6. The Morgan fingerprint density at radius 1 is 1.23 bits per heavy atom. The second-order valence-corrected chi connectivity index (χ2v) is 7.11. The molecule has 162 valence electrons. The molecule has 1 aromatic heterocycles. The van der Waals surface area contributed by atoms with E-state index in [1.807, 2.05) is 12.1 Å². The number of benzene rings is 2. The van der Waals surface area contributed by atoms with Crippen LogP contribution in [0.15, 0.2) is 51.7 Å². The summed E-state index contributed by atoms with van der Waals surface area (Å²) in [4.78, 5) is 47.8. The van der Waals surface area contributed by atoms with Crippen LogP contribution >= 0.6 is 0 Å². The van der Waals surface area contributed by atoms with E-state index in [1.54, 1.807) is 24.1 Å². The van der Waals surface area contributed by atoms with Crippen molar-refractivity contribution in [3.05, 3.63) is 68.7 Å². The zero-order chi connectivity index (χ0) is 22.5. The number of hydrogen-bond donors (Lipinski definition) is 1. The lowest BCUT2D eigenvalue weighted by Crippen LogP contribution is -2.24. The maximum absolute atomic E-state index is 12.4. The highest BCUT2D eigenvalue weighted by atomic mass is 16.6. The van der Waals surface area contributed by atoms with E-state index in [2.05, 4.69) is 5.32 Å². The van der Waals surface area contributed by atoms with Crippen LogP contribution in [-0.4, -0.2) is 33.3 Å². The van der Waals surface area contributed by atoms with Crippen molar-refractivity contribution in [3.8, 4) is 0 Å². The van der Waals surface area contributed by atoms with Crippen LogP contribution in [0.1, 0.15) is 25.3 Å². The van der Waals surface area contributed by atoms with Gasteiger partial charge in [-0.1, -0.05) is 18.2 Å². The van der Waals surface area contributed by atoms with Gasteiger partial charge in [-0.05, 0) is 24.1 Å². The largest absolute Gasteiger partial charge is 0.419 e. The van der Waals surface area contributed by atoms with E-state index in [0.717, 1.165) is 5.56 Å². The average Bonchev–Trinajstić information content (AvgIpc) is 3.03. The van der Waals surface area contributed by atoms with E-state index in [1.165, 1.54) is 29.7 Å². The molecule has 0 spiro atoms. The lowest BCUT2D eigenvalue weighted by atomic mass is 10.1. The van der Waals surface area contributed by atoms with E-state index in [9.17, 15) is 24.5 Å². The van der Waals surface area contributed by atoms with E-state index in [4.69, 9.17) is 4.42 Å². The van der Waals surface area contributed by atoms with Gasteiger partial charge >= 0.3 is 5.76 Å². The number of anilines is 1. The minimum Gasteiger partial charge on any atom is -0.407 e. The molecule has 3 aromatic rings. The number of para-hydroxylation sites is 1. The molecule has 0 fully saturated rings. The highest BCUT2D eigenvalue weighted by Crippen LogP contribution is 2.21. The van der Waals surface area contributed by atoms with Gasteiger partial charge in [0, 0.05) is 45.2 Å². The smallest absolute Gasteiger partial charge is 0.407 e. The number of nitro groups is 1. The summed E-state index contributed by atoms with van der Waals surface area (Å²) in [6, 6.07) is 11.2. The fourth-order valence-electron chi connectivity index (χ4n) is 3.14. The number of nitro benzene ring substituents is 1. The second-order valence-electron chi connectivity index (χ2n) is 7.11. The third-order valence-electron chi connectivity index (χ3n) is 4.88. The molecule has 0 aliphatic rings. The monoisotopic (exact) mass is 426 g/mol. The van der Waals surface area contributed by atoms with Crippen molar-refractivity contribution >= 4 is 34.3 Å². The molecule has 0 aliphatic carbocycles. The van der Waals surface area contributed by atoms with Gasteiger partial charge in [0.25, 0.3) is 5.69 Å². The maximum Gasteiger partial charge on any atom is 0.419 e. The fraction of sp³-hybridized carbons (Fsp3) is 0.286. The fourth-order valence-corrected chi connectivity index (χ4v) is 3.14. The van der Waals surface area contributed by atoms with Gasteiger partial charge in [-0.3, -0.25) is 24.3 Å². The first-order valence-corrected chi connectivity index (χ1v) is 9.63. The Morgan fingerprint density at radius 2 is 1.97 bits per heavy atom. The lowest BCUT2D eigenvalue weighted by molar-refractivity contribution is -0.384. The molecule has 2 aromatic carbocycles. The van der Waals surface area contributed by atoms with Gasteiger partial charge in [0.05, 0.1) is 16.5 Å². The molecule has 0 atom stereocenters. The van der Waals surface area contributed by atoms with Gasteiger partial charge in [0.1, 0.15) is 0 Å². The molecule has 0 saturated heterocycles. The van der Waals surface area contributed by atoms with Crippen LogP contribution in [0.2, 0.25) is 0 Å². The summed E-state index contributed by atoms with van der Waals surface area (Å²) in [6.07, 6.45) is 0.524. The molecule has 0 unspecified atom stereocenters. The van der Waals surface area contributed by atoms with Crippen molar-refractivity contribution in [3.63, 3.8) is 0 Å². The minimum absolute atomic E-state index is 0.0794. The zero-order valence-electron chi connectivity index (χ0n) is 17.2. The number of aromatic nitrogens is 1. The molecular formula is C21H22N4O6. The summed E-state index contributed by atoms with van der Waals surface area (Å²) in [5, 5.41) is 13.7. The molecule has 0 saturated carbocycles. The standard InChI is InChI=1S/C21H22N4O6/c1-14(26)23(2)13-15-6-3-4-7-17(15)22-20(27)8-5-11-24-18-10-9-16(25(29)30)12-19(18)31-21(24)28/h3-4,6-7,9-10,12H,5,8,11,13H2,1-2H3,(H,22,27). The van der Waals surface area contributed by atoms with Crippen LogP contribution in [0.25, 0.3) is 11.1 Å². The first-order chi connectivity index (χ1) is 14.8. The van der Waals surface area contributed by atoms with Gasteiger partial charge in [-0.15, -0.1) is 0 Å². The highest BCUT2D eigenvalue weighted by Gasteiger charge is 2.15. The van der Waals surface area contributed by atoms with Crippen molar-refractivity contribution in [2.75, 3.05) is 12.4 Å². The minimum atomic E-state index is -0.631. The summed E-state index contributed by atoms with van der Waals surface area (Å²) < 4.78 is 6.43. The van der Waals surface area contributed by atoms with E-state index in [-0.39, 0.29) is 36.1 Å². The summed E-state index contributed by atoms with van der Waals surface area (Å²) in [5.41, 5.74) is 1.84. The van der Waals surface area contributed by atoms with Gasteiger partial charge in [0.2, 0.25) is 11.8 Å². The Bertz CT molecular complexity index is 1200. The Kier molecular flexibility index (Phi) is 6.49. The number of nitrogens with one attached hydrogen (secondary N) is 1. The number of aryl methyl sites for hydroxylation is 1. The summed E-state index contributed by atoms with van der Waals surface area (Å²) in [7, 11) is 1.68. The highest BCUT2D eigenvalue weighted by molar-refractivity contribution is 5.91. The quantitative estimate of drug-likeness (QED) is 0.436. The molecule has 31 heavy (non-hydrogen) atoms. The zero-order valence-corrected chi connectivity index (χ0v) is 17.2. The van der Waals surface area contributed by atoms with Crippen molar-refractivity contribution in [1.29, 1.82) is 0 Å². The maximum atomic E-state index is 12.4. The number of oxazole rings is 1. The van der Waals surface area contributed by atoms with Crippen molar-refractivity contribution < 1.29 is 18.9 Å². The topological polar surface area (TPSA) is 128 Å². The Morgan fingerprint density at radius 3 is 2.68 bits per heavy atom. The molecule has 0 bridgehead atoms. The Labute approximate surface area is 177 Å². The van der Waals surface area contributed by atoms with Crippen molar-refractivity contribution in [2.24, 2.45) is 0 Å². The van der Waals surface area contributed by atoms with E-state index < -0.39 is 10.7 Å². The third-order valence-corrected chi connectivity index (χ3v) is 4.88. The molecule has 1 heterocycles. The molecule has 0 aliphatic heterocycles. The molecule has 10 heteroatoms. The molecule has 2 amide bonds. The molecular weight excluding hydrogens is 404 g/mol. The van der Waals surface area contributed by atoms with Crippen molar-refractivity contribution in [2.45, 2.75) is 32.9 Å². The van der Waals surface area contributed by atoms with Crippen LogP contribution in [0.3, 0.4) is 0 Å². The number of carbonyl (C=O) groups excluding carboxylic acids is 2. The van der Waals surface area contributed by atoms with E-state index in [0.29, 0.717) is 24.2 Å². The number of fused-ring (bicyclic) bond motifs is 1. The number of rotatable bonds is 8. The van der Waals surface area contributed by atoms with Crippen molar-refractivity contribution in [1.82, 2.24) is 9.47 Å². The summed E-state index contributed by atoms with van der Waals surface area (Å²) in [6.45, 7) is 2.07. The predicted octanol–water partition coefficient (Wildman–Crippen LogP) is 2.90. The Hall–Kier alpha value is -3.95. The third kappa shape index (κ3) is 5.16. The predicted molar refractivity (Wildman–Crippen MR) is 114 cm³/mol. The molecule has 1 N–H and O–H groups in total. The summed E-state index contributed by atoms with van der Waals surface area (Å²) in [5.74, 6) is -0.938. The number of non-ortho nitro benzene ring substituents is 1. The van der Waals surface area contributed by atoms with Crippen LogP contribution in [-0.2, 0) is 22.7 Å². The lowest BCUT2D eigenvalue weighted by Gasteiger charge is -2.18. The number of nitrogens with zero attached hydrogens (tertiary/aromatic N) is 3. The number of carbonyl (C=O) groups is 2. The molecule has 10 nitrogen and oxygen atoms in total. The van der Waals surface area contributed by atoms with Crippen LogP contribution in [0, 0.1) is 10.1 Å². The Balaban J connectivity index is 1.63. The molecule has 0 radical (unpaired) electrons. The van der Waals surface area contributed by atoms with Crippen LogP contribution < -0.4 is 11.1 Å². The van der Waals surface area contributed by atoms with Crippen LogP contribution in [0.5, 0.6) is 0 Å².